The van der Waals surface area contributed by atoms with Gasteiger partial charge in [0.2, 0.25) is 0 Å². The molecule has 2 fully saturated rings. The lowest BCUT2D eigenvalue weighted by atomic mass is 10.4. The molecule has 2 saturated heterocycles. The minimum atomic E-state index is 0.889. The van der Waals surface area contributed by atoms with Crippen molar-refractivity contribution in [2.24, 2.45) is 0 Å². The maximum absolute atomic E-state index is 4.97. The number of methoxy groups -OCH3 is 2. The van der Waals surface area contributed by atoms with Gasteiger partial charge in [-0.2, -0.15) is 0 Å². The average Bonchev–Trinajstić information content (AvgIpc) is 3.40. The molecule has 0 amide bonds. The van der Waals surface area contributed by atoms with Gasteiger partial charge in [0.25, 0.3) is 0 Å². The second-order valence-electron chi connectivity index (χ2n) is 5.44. The lowest BCUT2D eigenvalue weighted by Gasteiger charge is -2.12. The van der Waals surface area contributed by atoms with E-state index >= 15 is 0 Å². The van der Waals surface area contributed by atoms with Gasteiger partial charge >= 0.3 is 0 Å². The van der Waals surface area contributed by atoms with Crippen LogP contribution in [-0.4, -0.2) is 76.5 Å². The molecule has 4 nitrogen and oxygen atoms in total. The Balaban J connectivity index is -0.000000299. The molecule has 0 bridgehead atoms. The lowest BCUT2D eigenvalue weighted by molar-refractivity contribution is 0.161. The first-order valence-corrected chi connectivity index (χ1v) is 10.8. The van der Waals surface area contributed by atoms with Crippen LogP contribution in [0, 0.1) is 0 Å². The van der Waals surface area contributed by atoms with Crippen LogP contribution in [0.3, 0.4) is 0 Å². The molecule has 0 aromatic heterocycles. The van der Waals surface area contributed by atoms with E-state index in [9.17, 15) is 0 Å². The van der Waals surface area contributed by atoms with Gasteiger partial charge in [-0.1, -0.05) is 41.5 Å². The summed E-state index contributed by atoms with van der Waals surface area (Å²) in [5, 5.41) is 0. The van der Waals surface area contributed by atoms with E-state index < -0.39 is 0 Å². The van der Waals surface area contributed by atoms with Crippen LogP contribution >= 0.6 is 0 Å². The molecule has 0 unspecified atom stereocenters. The molecule has 2 aliphatic rings. The van der Waals surface area contributed by atoms with E-state index in [1.807, 2.05) is 41.5 Å². The first-order chi connectivity index (χ1) is 12.4. The fraction of sp³-hybridized carbons (Fsp3) is 1.00. The largest absolute Gasteiger partial charge is 0.385 e. The summed E-state index contributed by atoms with van der Waals surface area (Å²) in [6.45, 7) is 21.3. The third kappa shape index (κ3) is 21.8. The number of hydrogen-bond donors (Lipinski definition) is 0. The van der Waals surface area contributed by atoms with Gasteiger partial charge in [-0.3, -0.25) is 0 Å². The highest BCUT2D eigenvalue weighted by Crippen LogP contribution is 2.07. The van der Waals surface area contributed by atoms with E-state index in [-0.39, 0.29) is 0 Å². The number of hydrogen-bond acceptors (Lipinski definition) is 4. The molecule has 0 radical (unpaired) electrons. The third-order valence-corrected chi connectivity index (χ3v) is 3.83. The predicted octanol–water partition coefficient (Wildman–Crippen LogP) is 4.93. The zero-order valence-electron chi connectivity index (χ0n) is 18.9. The molecule has 0 atom stereocenters. The maximum Gasteiger partial charge on any atom is 0.0589 e. The van der Waals surface area contributed by atoms with Crippen molar-refractivity contribution in [3.05, 3.63) is 0 Å². The van der Waals surface area contributed by atoms with Crippen LogP contribution < -0.4 is 0 Å². The molecular formula is C21H50N2O2. The number of ether oxygens (including phenoxy) is 2. The van der Waals surface area contributed by atoms with Gasteiger partial charge in [0.15, 0.2) is 0 Å². The first-order valence-electron chi connectivity index (χ1n) is 10.8. The van der Waals surface area contributed by atoms with Crippen molar-refractivity contribution >= 4 is 0 Å². The van der Waals surface area contributed by atoms with Gasteiger partial charge in [-0.25, -0.2) is 0 Å². The third-order valence-electron chi connectivity index (χ3n) is 3.83. The SMILES string of the molecule is CC.CC.CC.COCCCN1CCCC1.COCCN1CCCC1. The number of rotatable bonds is 7. The van der Waals surface area contributed by atoms with Crippen molar-refractivity contribution in [3.8, 4) is 0 Å². The second-order valence-corrected chi connectivity index (χ2v) is 5.44. The number of nitrogens with zero attached hydrogens (tertiary/aromatic N) is 2. The second kappa shape index (κ2) is 28.6. The normalized spacial score (nSPS) is 16.3. The molecule has 156 valence electrons. The van der Waals surface area contributed by atoms with Gasteiger partial charge in [0.05, 0.1) is 6.61 Å². The molecule has 2 heterocycles. The molecule has 0 saturated carbocycles. The van der Waals surface area contributed by atoms with Gasteiger partial charge in [0, 0.05) is 33.9 Å². The summed E-state index contributed by atoms with van der Waals surface area (Å²) in [5.41, 5.74) is 0. The summed E-state index contributed by atoms with van der Waals surface area (Å²) >= 11 is 0. The van der Waals surface area contributed by atoms with E-state index in [1.54, 1.807) is 14.2 Å². The Hall–Kier alpha value is -0.160. The molecule has 0 spiro atoms. The van der Waals surface area contributed by atoms with Gasteiger partial charge in [-0.05, 0) is 58.3 Å². The van der Waals surface area contributed by atoms with E-state index in [0.29, 0.717) is 0 Å². The first kappa shape index (κ1) is 29.6. The highest BCUT2D eigenvalue weighted by Gasteiger charge is 2.10. The molecule has 0 N–H and O–H groups in total. The minimum absolute atomic E-state index is 0.889. The average molecular weight is 363 g/mol. The Morgan fingerprint density at radius 2 is 0.920 bits per heavy atom. The Morgan fingerprint density at radius 3 is 1.28 bits per heavy atom. The zero-order chi connectivity index (χ0) is 19.8. The molecule has 0 aromatic carbocycles. The van der Waals surface area contributed by atoms with E-state index in [2.05, 4.69) is 9.80 Å². The topological polar surface area (TPSA) is 24.9 Å². The summed E-state index contributed by atoms with van der Waals surface area (Å²) < 4.78 is 9.94. The van der Waals surface area contributed by atoms with Crippen molar-refractivity contribution in [2.45, 2.75) is 73.6 Å². The van der Waals surface area contributed by atoms with Crippen molar-refractivity contribution in [2.75, 3.05) is 66.7 Å². The van der Waals surface area contributed by atoms with E-state index in [0.717, 1.165) is 19.8 Å². The molecule has 0 aromatic rings. The Morgan fingerprint density at radius 1 is 0.560 bits per heavy atom. The minimum Gasteiger partial charge on any atom is -0.385 e. The Bertz CT molecular complexity index is 192. The van der Waals surface area contributed by atoms with Crippen LogP contribution in [0.1, 0.15) is 73.6 Å². The van der Waals surface area contributed by atoms with Gasteiger partial charge < -0.3 is 19.3 Å². The highest BCUT2D eigenvalue weighted by atomic mass is 16.5. The van der Waals surface area contributed by atoms with E-state index in [4.69, 9.17) is 9.47 Å². The van der Waals surface area contributed by atoms with Crippen molar-refractivity contribution in [1.29, 1.82) is 0 Å². The Kier molecular flexibility index (Phi) is 33.9. The quantitative estimate of drug-likeness (QED) is 0.600. The molecule has 2 rings (SSSR count). The summed E-state index contributed by atoms with van der Waals surface area (Å²) in [4.78, 5) is 4.96. The van der Waals surface area contributed by atoms with Crippen molar-refractivity contribution in [1.82, 2.24) is 9.80 Å². The van der Waals surface area contributed by atoms with Crippen LogP contribution in [0.2, 0.25) is 0 Å². The maximum atomic E-state index is 4.97. The Labute approximate surface area is 160 Å². The number of likely N-dealkylation sites (tertiary alicyclic amines) is 2. The van der Waals surface area contributed by atoms with Crippen molar-refractivity contribution in [3.63, 3.8) is 0 Å². The zero-order valence-corrected chi connectivity index (χ0v) is 18.9. The van der Waals surface area contributed by atoms with Crippen LogP contribution in [0.4, 0.5) is 0 Å². The molecular weight excluding hydrogens is 312 g/mol. The van der Waals surface area contributed by atoms with Gasteiger partial charge in [0.1, 0.15) is 0 Å². The van der Waals surface area contributed by atoms with Crippen LogP contribution in [0.15, 0.2) is 0 Å². The molecule has 4 heteroatoms. The van der Waals surface area contributed by atoms with Gasteiger partial charge in [-0.15, -0.1) is 0 Å². The smallest absolute Gasteiger partial charge is 0.0589 e. The fourth-order valence-electron chi connectivity index (χ4n) is 2.67. The van der Waals surface area contributed by atoms with Crippen LogP contribution in [0.25, 0.3) is 0 Å². The predicted molar refractivity (Wildman–Crippen MR) is 114 cm³/mol. The molecule has 25 heavy (non-hydrogen) atoms. The lowest BCUT2D eigenvalue weighted by Crippen LogP contribution is -2.23. The van der Waals surface area contributed by atoms with Crippen LogP contribution in [0.5, 0.6) is 0 Å². The summed E-state index contributed by atoms with van der Waals surface area (Å²) in [5.74, 6) is 0. The monoisotopic (exact) mass is 362 g/mol. The standard InChI is InChI=1S/C8H17NO.C7H15NO.3C2H6/c1-10-8-4-7-9-5-2-3-6-9;1-9-7-6-8-4-2-3-5-8;3*1-2/h2-8H2,1H3;2-7H2,1H3;3*1-2H3. The van der Waals surface area contributed by atoms with Crippen LogP contribution in [-0.2, 0) is 9.47 Å². The summed E-state index contributed by atoms with van der Waals surface area (Å²) in [7, 11) is 3.53. The summed E-state index contributed by atoms with van der Waals surface area (Å²) in [6.07, 6.45) is 6.74. The van der Waals surface area contributed by atoms with E-state index in [1.165, 1.54) is 64.8 Å². The fourth-order valence-corrected chi connectivity index (χ4v) is 2.67. The molecule has 0 aliphatic carbocycles. The molecule has 2 aliphatic heterocycles. The summed E-state index contributed by atoms with van der Waals surface area (Å²) in [6, 6.07) is 0. The van der Waals surface area contributed by atoms with Crippen molar-refractivity contribution < 1.29 is 9.47 Å². The highest BCUT2D eigenvalue weighted by molar-refractivity contribution is 4.65.